The lowest BCUT2D eigenvalue weighted by molar-refractivity contribution is 0.153. The van der Waals surface area contributed by atoms with Crippen LogP contribution in [-0.2, 0) is 6.42 Å². The quantitative estimate of drug-likeness (QED) is 0.272. The van der Waals surface area contributed by atoms with Crippen LogP contribution in [0.2, 0.25) is 0 Å². The highest BCUT2D eigenvalue weighted by Crippen LogP contribution is 2.38. The summed E-state index contributed by atoms with van der Waals surface area (Å²) in [6.07, 6.45) is 19.2. The molecule has 0 heterocycles. The van der Waals surface area contributed by atoms with Crippen molar-refractivity contribution in [1.82, 2.24) is 0 Å². The normalized spacial score (nSPS) is 13.8. The highest BCUT2D eigenvalue weighted by molar-refractivity contribution is 5.85. The number of unbranched alkanes of at least 4 members (excludes halogenated alkanes) is 11. The van der Waals surface area contributed by atoms with E-state index < -0.39 is 0 Å². The third-order valence-electron chi connectivity index (χ3n) is 6.57. The van der Waals surface area contributed by atoms with Crippen molar-refractivity contribution < 1.29 is 0 Å². The van der Waals surface area contributed by atoms with E-state index in [9.17, 15) is 0 Å². The van der Waals surface area contributed by atoms with Crippen molar-refractivity contribution in [3.05, 3.63) is 35.9 Å². The lowest BCUT2D eigenvalue weighted by Gasteiger charge is -2.42. The van der Waals surface area contributed by atoms with E-state index in [-0.39, 0.29) is 23.4 Å². The molecule has 0 radical (unpaired) electrons. The summed E-state index contributed by atoms with van der Waals surface area (Å²) in [5.74, 6) is 0. The molecule has 0 aliphatic heterocycles. The maximum atomic E-state index is 6.60. The van der Waals surface area contributed by atoms with E-state index in [1.165, 1.54) is 89.0 Å². The lowest BCUT2D eigenvalue weighted by atomic mass is 9.67. The monoisotopic (exact) mass is 409 g/mol. The molecule has 1 aromatic carbocycles. The fraction of sp³-hybridized carbons (Fsp3) is 0.769. The predicted molar refractivity (Wildman–Crippen MR) is 129 cm³/mol. The van der Waals surface area contributed by atoms with Crippen molar-refractivity contribution >= 4 is 12.4 Å². The molecule has 0 amide bonds. The zero-order valence-electron chi connectivity index (χ0n) is 19.3. The van der Waals surface area contributed by atoms with Crippen LogP contribution in [0.1, 0.15) is 117 Å². The van der Waals surface area contributed by atoms with E-state index in [0.717, 1.165) is 6.42 Å². The predicted octanol–water partition coefficient (Wildman–Crippen LogP) is 8.49. The Labute approximate surface area is 182 Å². The van der Waals surface area contributed by atoms with Crippen LogP contribution in [0.5, 0.6) is 0 Å². The molecule has 0 fully saturated rings. The molecule has 1 atom stereocenters. The minimum atomic E-state index is -0.152. The molecule has 1 unspecified atom stereocenters. The molecule has 0 aliphatic rings. The minimum absolute atomic E-state index is 0. The smallest absolute Gasteiger partial charge is 0.0154 e. The summed E-state index contributed by atoms with van der Waals surface area (Å²) in [6, 6.07) is 10.9. The van der Waals surface area contributed by atoms with E-state index in [4.69, 9.17) is 5.73 Å². The zero-order chi connectivity index (χ0) is 20.0. The minimum Gasteiger partial charge on any atom is -0.325 e. The third kappa shape index (κ3) is 11.5. The van der Waals surface area contributed by atoms with Gasteiger partial charge in [0.25, 0.3) is 0 Å². The summed E-state index contributed by atoms with van der Waals surface area (Å²) in [5.41, 5.74) is 8.02. The fourth-order valence-electron chi connectivity index (χ4n) is 4.04. The van der Waals surface area contributed by atoms with Crippen LogP contribution in [-0.4, -0.2) is 5.54 Å². The first-order valence-electron chi connectivity index (χ1n) is 11.7. The summed E-state index contributed by atoms with van der Waals surface area (Å²) in [6.45, 7) is 9.09. The topological polar surface area (TPSA) is 26.0 Å². The molecule has 2 N–H and O–H groups in total. The summed E-state index contributed by atoms with van der Waals surface area (Å²) in [4.78, 5) is 0. The van der Waals surface area contributed by atoms with Crippen LogP contribution in [0.15, 0.2) is 30.3 Å². The van der Waals surface area contributed by atoms with Crippen molar-refractivity contribution in [3.8, 4) is 0 Å². The van der Waals surface area contributed by atoms with Crippen molar-refractivity contribution in [2.75, 3.05) is 0 Å². The van der Waals surface area contributed by atoms with Crippen molar-refractivity contribution in [2.45, 2.75) is 123 Å². The van der Waals surface area contributed by atoms with Gasteiger partial charge in [-0.05, 0) is 37.7 Å². The van der Waals surface area contributed by atoms with Crippen LogP contribution in [0.25, 0.3) is 0 Å². The molecule has 28 heavy (non-hydrogen) atoms. The van der Waals surface area contributed by atoms with Gasteiger partial charge in [0.15, 0.2) is 0 Å². The van der Waals surface area contributed by atoms with E-state index in [2.05, 4.69) is 58.0 Å². The molecule has 0 saturated heterocycles. The summed E-state index contributed by atoms with van der Waals surface area (Å²) in [7, 11) is 0. The molecule has 2 heteroatoms. The Morgan fingerprint density at radius 2 is 1.11 bits per heavy atom. The molecule has 0 aliphatic carbocycles. The Morgan fingerprint density at radius 1 is 0.679 bits per heavy atom. The Kier molecular flexibility index (Phi) is 15.0. The standard InChI is InChI=1S/C26H47N.ClH/c1-5-6-7-8-9-10-11-12-13-14-15-19-22-26(4,25(2,3)27)23-24-20-17-16-18-21-24;/h16-18,20-21H,5-15,19,22-23,27H2,1-4H3;1H. The first kappa shape index (κ1) is 27.5. The van der Waals surface area contributed by atoms with Crippen LogP contribution in [0.4, 0.5) is 0 Å². The van der Waals surface area contributed by atoms with Crippen LogP contribution in [0, 0.1) is 5.41 Å². The van der Waals surface area contributed by atoms with Crippen LogP contribution < -0.4 is 5.73 Å². The number of benzene rings is 1. The van der Waals surface area contributed by atoms with Crippen LogP contribution in [0.3, 0.4) is 0 Å². The van der Waals surface area contributed by atoms with Gasteiger partial charge in [-0.15, -0.1) is 12.4 Å². The Hall–Kier alpha value is -0.530. The maximum Gasteiger partial charge on any atom is 0.0154 e. The molecule has 164 valence electrons. The first-order valence-corrected chi connectivity index (χ1v) is 11.7. The molecular formula is C26H48ClN. The molecule has 0 aromatic heterocycles. The van der Waals surface area contributed by atoms with Gasteiger partial charge in [-0.1, -0.05) is 121 Å². The Bertz CT molecular complexity index is 465. The lowest BCUT2D eigenvalue weighted by Crippen LogP contribution is -2.50. The Morgan fingerprint density at radius 3 is 1.54 bits per heavy atom. The van der Waals surface area contributed by atoms with Gasteiger partial charge in [-0.3, -0.25) is 0 Å². The molecule has 0 bridgehead atoms. The molecule has 0 spiro atoms. The van der Waals surface area contributed by atoms with E-state index in [1.54, 1.807) is 0 Å². The van der Waals surface area contributed by atoms with Gasteiger partial charge in [0.1, 0.15) is 0 Å². The molecule has 1 nitrogen and oxygen atoms in total. The number of halogens is 1. The van der Waals surface area contributed by atoms with Gasteiger partial charge in [-0.2, -0.15) is 0 Å². The highest BCUT2D eigenvalue weighted by Gasteiger charge is 2.37. The third-order valence-corrected chi connectivity index (χ3v) is 6.57. The van der Waals surface area contributed by atoms with Gasteiger partial charge in [0, 0.05) is 5.54 Å². The van der Waals surface area contributed by atoms with E-state index in [0.29, 0.717) is 0 Å². The van der Waals surface area contributed by atoms with E-state index in [1.807, 2.05) is 0 Å². The largest absolute Gasteiger partial charge is 0.325 e. The number of hydrogen-bond acceptors (Lipinski definition) is 1. The van der Waals surface area contributed by atoms with Crippen molar-refractivity contribution in [1.29, 1.82) is 0 Å². The summed E-state index contributed by atoms with van der Waals surface area (Å²) < 4.78 is 0. The second-order valence-electron chi connectivity index (χ2n) is 9.58. The molecular weight excluding hydrogens is 362 g/mol. The second kappa shape index (κ2) is 15.3. The van der Waals surface area contributed by atoms with Crippen LogP contribution >= 0.6 is 12.4 Å². The maximum absolute atomic E-state index is 6.60. The van der Waals surface area contributed by atoms with Gasteiger partial charge < -0.3 is 5.73 Å². The Balaban J connectivity index is 0.00000729. The number of rotatable bonds is 16. The van der Waals surface area contributed by atoms with Crippen molar-refractivity contribution in [3.63, 3.8) is 0 Å². The SMILES string of the molecule is CCCCCCCCCCCCCCC(C)(Cc1ccccc1)C(C)(C)N.Cl. The average molecular weight is 410 g/mol. The summed E-state index contributed by atoms with van der Waals surface area (Å²) in [5, 5.41) is 0. The molecule has 1 rings (SSSR count). The number of nitrogens with two attached hydrogens (primary N) is 1. The zero-order valence-corrected chi connectivity index (χ0v) is 20.1. The molecule has 0 saturated carbocycles. The van der Waals surface area contributed by atoms with Gasteiger partial charge in [0.2, 0.25) is 0 Å². The van der Waals surface area contributed by atoms with Gasteiger partial charge >= 0.3 is 0 Å². The average Bonchev–Trinajstić information content (AvgIpc) is 2.62. The summed E-state index contributed by atoms with van der Waals surface area (Å²) >= 11 is 0. The second-order valence-corrected chi connectivity index (χ2v) is 9.58. The molecule has 1 aromatic rings. The van der Waals surface area contributed by atoms with Gasteiger partial charge in [0.05, 0.1) is 0 Å². The highest BCUT2D eigenvalue weighted by atomic mass is 35.5. The van der Waals surface area contributed by atoms with Gasteiger partial charge in [-0.25, -0.2) is 0 Å². The van der Waals surface area contributed by atoms with Crippen molar-refractivity contribution in [2.24, 2.45) is 11.1 Å². The fourth-order valence-corrected chi connectivity index (χ4v) is 4.04. The first-order chi connectivity index (χ1) is 12.9. The number of hydrogen-bond donors (Lipinski definition) is 1. The van der Waals surface area contributed by atoms with E-state index >= 15 is 0 Å².